The van der Waals surface area contributed by atoms with Gasteiger partial charge in [0.1, 0.15) is 6.10 Å². The van der Waals surface area contributed by atoms with E-state index in [4.69, 9.17) is 9.47 Å². The monoisotopic (exact) mass is 502 g/mol. The van der Waals surface area contributed by atoms with Crippen LogP contribution in [0.2, 0.25) is 0 Å². The first kappa shape index (κ1) is 23.2. The fourth-order valence-electron chi connectivity index (χ4n) is 4.01. The number of methoxy groups -OCH3 is 1. The Balaban J connectivity index is 0.00000280. The predicted molar refractivity (Wildman–Crippen MR) is 124 cm³/mol. The lowest BCUT2D eigenvalue weighted by Crippen LogP contribution is -2.46. The standard InChI is InChI=1S/C21H34N4O2.HI/c1-22-20(25-16-21(10-6-11-21)12-14-26-2)24-15-17-7-5-13-23-19(17)27-18-8-3-4-9-18;/h5,7,13,18H,3-4,6,8-12,14-16H2,1-2H3,(H2,22,24,25);1H. The van der Waals surface area contributed by atoms with Crippen LogP contribution in [0.4, 0.5) is 0 Å². The van der Waals surface area contributed by atoms with Gasteiger partial charge in [-0.2, -0.15) is 0 Å². The fourth-order valence-corrected chi connectivity index (χ4v) is 4.01. The quantitative estimate of drug-likeness (QED) is 0.305. The third kappa shape index (κ3) is 6.47. The summed E-state index contributed by atoms with van der Waals surface area (Å²) in [6, 6.07) is 4.03. The first-order valence-electron chi connectivity index (χ1n) is 10.3. The molecule has 0 saturated heterocycles. The van der Waals surface area contributed by atoms with Crippen molar-refractivity contribution >= 4 is 29.9 Å². The van der Waals surface area contributed by atoms with Gasteiger partial charge < -0.3 is 20.1 Å². The van der Waals surface area contributed by atoms with Gasteiger partial charge in [0.25, 0.3) is 0 Å². The number of halogens is 1. The summed E-state index contributed by atoms with van der Waals surface area (Å²) in [5.74, 6) is 1.58. The number of ether oxygens (including phenoxy) is 2. The minimum Gasteiger partial charge on any atom is -0.474 e. The molecule has 7 heteroatoms. The van der Waals surface area contributed by atoms with Crippen molar-refractivity contribution in [1.29, 1.82) is 0 Å². The summed E-state index contributed by atoms with van der Waals surface area (Å²) in [5.41, 5.74) is 1.43. The number of nitrogens with zero attached hydrogens (tertiary/aromatic N) is 2. The normalized spacial score (nSPS) is 18.9. The van der Waals surface area contributed by atoms with Crippen LogP contribution in [0.15, 0.2) is 23.3 Å². The predicted octanol–water partition coefficient (Wildman–Crippen LogP) is 3.89. The van der Waals surface area contributed by atoms with Crippen molar-refractivity contribution in [2.24, 2.45) is 10.4 Å². The van der Waals surface area contributed by atoms with Crippen LogP contribution in [-0.2, 0) is 11.3 Å². The van der Waals surface area contributed by atoms with E-state index >= 15 is 0 Å². The van der Waals surface area contributed by atoms with Crippen molar-refractivity contribution in [1.82, 2.24) is 15.6 Å². The Morgan fingerprint density at radius 3 is 2.68 bits per heavy atom. The van der Waals surface area contributed by atoms with Crippen LogP contribution < -0.4 is 15.4 Å². The van der Waals surface area contributed by atoms with E-state index in [1.807, 2.05) is 13.1 Å². The van der Waals surface area contributed by atoms with Crippen LogP contribution in [0, 0.1) is 5.41 Å². The van der Waals surface area contributed by atoms with Gasteiger partial charge in [-0.3, -0.25) is 4.99 Å². The first-order valence-corrected chi connectivity index (χ1v) is 10.3. The molecule has 0 aliphatic heterocycles. The van der Waals surface area contributed by atoms with Crippen molar-refractivity contribution in [2.75, 3.05) is 27.3 Å². The Labute approximate surface area is 186 Å². The molecule has 0 bridgehead atoms. The molecule has 2 fully saturated rings. The topological polar surface area (TPSA) is 67.8 Å². The SMILES string of the molecule is CN=C(NCc1cccnc1OC1CCCC1)NCC1(CCOC)CCC1.I. The van der Waals surface area contributed by atoms with Crippen LogP contribution in [-0.4, -0.2) is 44.4 Å². The van der Waals surface area contributed by atoms with Crippen molar-refractivity contribution in [3.8, 4) is 5.88 Å². The zero-order chi connectivity index (χ0) is 19.0. The van der Waals surface area contributed by atoms with Crippen molar-refractivity contribution in [2.45, 2.75) is 64.0 Å². The molecule has 0 aromatic carbocycles. The molecule has 1 aromatic rings. The summed E-state index contributed by atoms with van der Waals surface area (Å²) < 4.78 is 11.4. The second-order valence-corrected chi connectivity index (χ2v) is 7.87. The third-order valence-electron chi connectivity index (χ3n) is 5.98. The largest absolute Gasteiger partial charge is 0.474 e. The van der Waals surface area contributed by atoms with E-state index in [1.54, 1.807) is 13.3 Å². The third-order valence-corrected chi connectivity index (χ3v) is 5.98. The van der Waals surface area contributed by atoms with E-state index in [9.17, 15) is 0 Å². The number of rotatable bonds is 9. The molecular weight excluding hydrogens is 467 g/mol. The number of guanidine groups is 1. The summed E-state index contributed by atoms with van der Waals surface area (Å²) in [7, 11) is 3.59. The fraction of sp³-hybridized carbons (Fsp3) is 0.714. The first-order chi connectivity index (χ1) is 13.2. The van der Waals surface area contributed by atoms with Crippen LogP contribution >= 0.6 is 24.0 Å². The van der Waals surface area contributed by atoms with Crippen LogP contribution in [0.3, 0.4) is 0 Å². The van der Waals surface area contributed by atoms with E-state index in [0.29, 0.717) is 18.1 Å². The van der Waals surface area contributed by atoms with Crippen LogP contribution in [0.1, 0.15) is 56.9 Å². The molecule has 2 N–H and O–H groups in total. The highest BCUT2D eigenvalue weighted by Crippen LogP contribution is 2.43. The van der Waals surface area contributed by atoms with Gasteiger partial charge in [-0.05, 0) is 56.4 Å². The summed E-state index contributed by atoms with van der Waals surface area (Å²) in [6.45, 7) is 2.42. The molecule has 0 amide bonds. The van der Waals surface area contributed by atoms with Crippen LogP contribution in [0.5, 0.6) is 5.88 Å². The van der Waals surface area contributed by atoms with Gasteiger partial charge in [0.2, 0.25) is 5.88 Å². The van der Waals surface area contributed by atoms with Gasteiger partial charge in [-0.25, -0.2) is 4.98 Å². The van der Waals surface area contributed by atoms with E-state index in [-0.39, 0.29) is 24.0 Å². The van der Waals surface area contributed by atoms with Gasteiger partial charge in [0.05, 0.1) is 0 Å². The molecule has 2 saturated carbocycles. The Bertz CT molecular complexity index is 616. The number of nitrogens with one attached hydrogen (secondary N) is 2. The highest BCUT2D eigenvalue weighted by atomic mass is 127. The average Bonchev–Trinajstić information content (AvgIpc) is 3.17. The van der Waals surface area contributed by atoms with Gasteiger partial charge in [-0.1, -0.05) is 12.5 Å². The molecule has 3 rings (SSSR count). The second kappa shape index (κ2) is 11.8. The Morgan fingerprint density at radius 2 is 2.04 bits per heavy atom. The molecule has 0 radical (unpaired) electrons. The summed E-state index contributed by atoms with van der Waals surface area (Å²) in [6.07, 6.45) is 11.9. The zero-order valence-corrected chi connectivity index (χ0v) is 19.5. The van der Waals surface area contributed by atoms with Crippen molar-refractivity contribution in [3.05, 3.63) is 23.9 Å². The number of pyridine rings is 1. The number of hydrogen-bond acceptors (Lipinski definition) is 4. The molecular formula is C21H35IN4O2. The summed E-state index contributed by atoms with van der Waals surface area (Å²) in [5, 5.41) is 6.92. The van der Waals surface area contributed by atoms with E-state index in [1.165, 1.54) is 32.1 Å². The lowest BCUT2D eigenvalue weighted by atomic mass is 9.67. The van der Waals surface area contributed by atoms with Gasteiger partial charge in [0.15, 0.2) is 5.96 Å². The molecule has 0 spiro atoms. The van der Waals surface area contributed by atoms with Crippen molar-refractivity contribution < 1.29 is 9.47 Å². The zero-order valence-electron chi connectivity index (χ0n) is 17.2. The van der Waals surface area contributed by atoms with Crippen molar-refractivity contribution in [3.63, 3.8) is 0 Å². The maximum atomic E-state index is 6.13. The summed E-state index contributed by atoms with van der Waals surface area (Å²) >= 11 is 0. The average molecular weight is 502 g/mol. The molecule has 2 aliphatic carbocycles. The maximum absolute atomic E-state index is 6.13. The Morgan fingerprint density at radius 1 is 1.25 bits per heavy atom. The van der Waals surface area contributed by atoms with Gasteiger partial charge in [-0.15, -0.1) is 24.0 Å². The smallest absolute Gasteiger partial charge is 0.218 e. The van der Waals surface area contributed by atoms with Gasteiger partial charge in [0, 0.05) is 45.6 Å². The number of aliphatic imine (C=N–C) groups is 1. The number of hydrogen-bond donors (Lipinski definition) is 2. The molecule has 158 valence electrons. The highest BCUT2D eigenvalue weighted by Gasteiger charge is 2.36. The minimum absolute atomic E-state index is 0. The molecule has 6 nitrogen and oxygen atoms in total. The Kier molecular flexibility index (Phi) is 9.77. The molecule has 0 atom stereocenters. The lowest BCUT2D eigenvalue weighted by molar-refractivity contribution is 0.0732. The molecule has 28 heavy (non-hydrogen) atoms. The molecule has 1 aromatic heterocycles. The second-order valence-electron chi connectivity index (χ2n) is 7.87. The molecule has 1 heterocycles. The minimum atomic E-state index is 0. The molecule has 0 unspecified atom stereocenters. The van der Waals surface area contributed by atoms with Gasteiger partial charge >= 0.3 is 0 Å². The van der Waals surface area contributed by atoms with E-state index in [0.717, 1.165) is 49.8 Å². The lowest BCUT2D eigenvalue weighted by Gasteiger charge is -2.42. The summed E-state index contributed by atoms with van der Waals surface area (Å²) in [4.78, 5) is 8.83. The van der Waals surface area contributed by atoms with E-state index < -0.39 is 0 Å². The van der Waals surface area contributed by atoms with Crippen LogP contribution in [0.25, 0.3) is 0 Å². The van der Waals surface area contributed by atoms with E-state index in [2.05, 4.69) is 26.7 Å². The molecule has 2 aliphatic rings. The maximum Gasteiger partial charge on any atom is 0.218 e. The Hall–Kier alpha value is -1.09. The highest BCUT2D eigenvalue weighted by molar-refractivity contribution is 14.0. The number of aromatic nitrogens is 1.